The van der Waals surface area contributed by atoms with Crippen molar-refractivity contribution in [2.24, 2.45) is 5.73 Å². The third-order valence-corrected chi connectivity index (χ3v) is 4.07. The van der Waals surface area contributed by atoms with Crippen LogP contribution in [-0.4, -0.2) is 42.6 Å². The summed E-state index contributed by atoms with van der Waals surface area (Å²) in [7, 11) is -1.95. The SMILES string of the molecule is C=CCN(C)S(=O)(=O)c1cnn(CCCN)c1. The van der Waals surface area contributed by atoms with E-state index in [0.717, 1.165) is 6.42 Å². The van der Waals surface area contributed by atoms with E-state index in [2.05, 4.69) is 11.7 Å². The van der Waals surface area contributed by atoms with Crippen molar-refractivity contribution in [1.82, 2.24) is 14.1 Å². The molecule has 0 aromatic carbocycles. The molecule has 0 saturated carbocycles. The Hall–Kier alpha value is -1.18. The number of rotatable bonds is 7. The summed E-state index contributed by atoms with van der Waals surface area (Å²) in [6.07, 6.45) is 5.18. The Morgan fingerprint density at radius 1 is 1.65 bits per heavy atom. The van der Waals surface area contributed by atoms with E-state index in [1.165, 1.54) is 29.8 Å². The standard InChI is InChI=1S/C10H18N4O2S/c1-3-6-13(2)17(15,16)10-8-12-14(9-10)7-4-5-11/h3,8-9H,1,4-7,11H2,2H3. The molecule has 0 aliphatic rings. The minimum absolute atomic E-state index is 0.193. The first kappa shape index (κ1) is 13.9. The molecule has 6 nitrogen and oxygen atoms in total. The molecule has 0 spiro atoms. The second-order valence-electron chi connectivity index (χ2n) is 3.66. The van der Waals surface area contributed by atoms with Crippen LogP contribution in [0, 0.1) is 0 Å². The summed E-state index contributed by atoms with van der Waals surface area (Å²) in [6, 6.07) is 0. The van der Waals surface area contributed by atoms with Crippen molar-refractivity contribution in [3.05, 3.63) is 25.0 Å². The van der Waals surface area contributed by atoms with Gasteiger partial charge in [0.15, 0.2) is 0 Å². The van der Waals surface area contributed by atoms with E-state index in [1.54, 1.807) is 4.68 Å². The van der Waals surface area contributed by atoms with Crippen molar-refractivity contribution in [2.45, 2.75) is 17.9 Å². The topological polar surface area (TPSA) is 81.2 Å². The van der Waals surface area contributed by atoms with E-state index in [9.17, 15) is 8.42 Å². The van der Waals surface area contributed by atoms with Gasteiger partial charge in [0, 0.05) is 26.3 Å². The van der Waals surface area contributed by atoms with Gasteiger partial charge in [-0.1, -0.05) is 6.08 Å². The summed E-state index contributed by atoms with van der Waals surface area (Å²) in [5.41, 5.74) is 5.38. The van der Waals surface area contributed by atoms with Crippen LogP contribution in [0.2, 0.25) is 0 Å². The van der Waals surface area contributed by atoms with Crippen molar-refractivity contribution in [3.63, 3.8) is 0 Å². The van der Waals surface area contributed by atoms with Gasteiger partial charge in [0.2, 0.25) is 10.0 Å². The molecule has 0 aliphatic carbocycles. The molecule has 96 valence electrons. The summed E-state index contributed by atoms with van der Waals surface area (Å²) >= 11 is 0. The molecule has 1 rings (SSSR count). The van der Waals surface area contributed by atoms with Crippen LogP contribution in [-0.2, 0) is 16.6 Å². The van der Waals surface area contributed by atoms with E-state index >= 15 is 0 Å². The maximum atomic E-state index is 12.0. The van der Waals surface area contributed by atoms with Crippen LogP contribution in [0.15, 0.2) is 29.9 Å². The molecule has 0 radical (unpaired) electrons. The third kappa shape index (κ3) is 3.39. The van der Waals surface area contributed by atoms with E-state index in [4.69, 9.17) is 5.73 Å². The zero-order valence-electron chi connectivity index (χ0n) is 9.91. The molecule has 0 bridgehead atoms. The Morgan fingerprint density at radius 2 is 2.35 bits per heavy atom. The number of nitrogens with zero attached hydrogens (tertiary/aromatic N) is 3. The minimum atomic E-state index is -3.46. The Kier molecular flexibility index (Phi) is 4.86. The molecule has 1 aromatic heterocycles. The number of nitrogens with two attached hydrogens (primary N) is 1. The van der Waals surface area contributed by atoms with Crippen LogP contribution in [0.1, 0.15) is 6.42 Å². The smallest absolute Gasteiger partial charge is 0.246 e. The molecule has 1 heterocycles. The molecular weight excluding hydrogens is 240 g/mol. The van der Waals surface area contributed by atoms with Gasteiger partial charge in [0.25, 0.3) is 0 Å². The summed E-state index contributed by atoms with van der Waals surface area (Å²) in [4.78, 5) is 0.193. The van der Waals surface area contributed by atoms with E-state index < -0.39 is 10.0 Å². The number of hydrogen-bond acceptors (Lipinski definition) is 4. The molecule has 0 aliphatic heterocycles. The molecule has 0 fully saturated rings. The van der Waals surface area contributed by atoms with Gasteiger partial charge >= 0.3 is 0 Å². The van der Waals surface area contributed by atoms with E-state index in [-0.39, 0.29) is 11.4 Å². The number of aromatic nitrogens is 2. The molecule has 2 N–H and O–H groups in total. The first-order chi connectivity index (χ1) is 8.02. The van der Waals surface area contributed by atoms with Gasteiger partial charge in [-0.2, -0.15) is 9.40 Å². The lowest BCUT2D eigenvalue weighted by Gasteiger charge is -2.13. The first-order valence-electron chi connectivity index (χ1n) is 5.32. The average Bonchev–Trinajstić information content (AvgIpc) is 2.75. The number of hydrogen-bond donors (Lipinski definition) is 1. The molecule has 0 amide bonds. The predicted molar refractivity (Wildman–Crippen MR) is 65.9 cm³/mol. The lowest BCUT2D eigenvalue weighted by atomic mass is 10.4. The molecular formula is C10H18N4O2S. The third-order valence-electron chi connectivity index (χ3n) is 2.30. The summed E-state index contributed by atoms with van der Waals surface area (Å²) in [6.45, 7) is 4.96. The summed E-state index contributed by atoms with van der Waals surface area (Å²) in [5, 5.41) is 3.99. The van der Waals surface area contributed by atoms with Crippen LogP contribution in [0.3, 0.4) is 0 Å². The van der Waals surface area contributed by atoms with Crippen molar-refractivity contribution >= 4 is 10.0 Å². The zero-order valence-corrected chi connectivity index (χ0v) is 10.7. The molecule has 7 heteroatoms. The maximum Gasteiger partial charge on any atom is 0.246 e. The number of likely N-dealkylation sites (N-methyl/N-ethyl adjacent to an activating group) is 1. The monoisotopic (exact) mass is 258 g/mol. The van der Waals surface area contributed by atoms with Gasteiger partial charge in [0.05, 0.1) is 6.20 Å². The Bertz CT molecular complexity index is 466. The second-order valence-corrected chi connectivity index (χ2v) is 5.70. The lowest BCUT2D eigenvalue weighted by molar-refractivity contribution is 0.499. The fourth-order valence-corrected chi connectivity index (χ4v) is 2.41. The second kappa shape index (κ2) is 5.95. The fourth-order valence-electron chi connectivity index (χ4n) is 1.31. The Labute approximate surface area is 102 Å². The van der Waals surface area contributed by atoms with Crippen LogP contribution < -0.4 is 5.73 Å². The summed E-state index contributed by atoms with van der Waals surface area (Å²) in [5.74, 6) is 0. The highest BCUT2D eigenvalue weighted by atomic mass is 32.2. The van der Waals surface area contributed by atoms with E-state index in [0.29, 0.717) is 13.1 Å². The van der Waals surface area contributed by atoms with Gasteiger partial charge in [0.1, 0.15) is 4.90 Å². The number of aryl methyl sites for hydroxylation is 1. The lowest BCUT2D eigenvalue weighted by Crippen LogP contribution is -2.26. The van der Waals surface area contributed by atoms with Crippen molar-refractivity contribution < 1.29 is 8.42 Å². The Balaban J connectivity index is 2.84. The normalized spacial score (nSPS) is 11.9. The van der Waals surface area contributed by atoms with Gasteiger partial charge in [-0.25, -0.2) is 8.42 Å². The summed E-state index contributed by atoms with van der Waals surface area (Å²) < 4.78 is 26.8. The number of sulfonamides is 1. The van der Waals surface area contributed by atoms with Crippen LogP contribution in [0.5, 0.6) is 0 Å². The van der Waals surface area contributed by atoms with Crippen LogP contribution >= 0.6 is 0 Å². The van der Waals surface area contributed by atoms with Crippen LogP contribution in [0.25, 0.3) is 0 Å². The zero-order chi connectivity index (χ0) is 12.9. The van der Waals surface area contributed by atoms with Gasteiger partial charge in [-0.15, -0.1) is 6.58 Å². The fraction of sp³-hybridized carbons (Fsp3) is 0.500. The average molecular weight is 258 g/mol. The van der Waals surface area contributed by atoms with E-state index in [1.807, 2.05) is 0 Å². The largest absolute Gasteiger partial charge is 0.330 e. The highest BCUT2D eigenvalue weighted by Gasteiger charge is 2.21. The minimum Gasteiger partial charge on any atom is -0.330 e. The molecule has 17 heavy (non-hydrogen) atoms. The Morgan fingerprint density at radius 3 is 2.94 bits per heavy atom. The van der Waals surface area contributed by atoms with Gasteiger partial charge in [-0.3, -0.25) is 4.68 Å². The molecule has 0 atom stereocenters. The quantitative estimate of drug-likeness (QED) is 0.700. The van der Waals surface area contributed by atoms with Crippen LogP contribution in [0.4, 0.5) is 0 Å². The molecule has 1 aromatic rings. The van der Waals surface area contributed by atoms with Crippen molar-refractivity contribution in [1.29, 1.82) is 0 Å². The van der Waals surface area contributed by atoms with Crippen molar-refractivity contribution in [2.75, 3.05) is 20.1 Å². The van der Waals surface area contributed by atoms with Gasteiger partial charge < -0.3 is 5.73 Å². The highest BCUT2D eigenvalue weighted by Crippen LogP contribution is 2.12. The molecule has 0 saturated heterocycles. The van der Waals surface area contributed by atoms with Crippen molar-refractivity contribution in [3.8, 4) is 0 Å². The maximum absolute atomic E-state index is 12.0. The predicted octanol–water partition coefficient (Wildman–Crippen LogP) is 0.0384. The van der Waals surface area contributed by atoms with Gasteiger partial charge in [-0.05, 0) is 13.0 Å². The first-order valence-corrected chi connectivity index (χ1v) is 6.76. The molecule has 0 unspecified atom stereocenters. The highest BCUT2D eigenvalue weighted by molar-refractivity contribution is 7.89.